The number of fused-ring (bicyclic) bond motifs is 1. The third-order valence-corrected chi connectivity index (χ3v) is 4.97. The number of anilines is 1. The molecule has 0 N–H and O–H groups in total. The maximum Gasteiger partial charge on any atom is 0.265 e. The van der Waals surface area contributed by atoms with Crippen LogP contribution < -0.4 is 9.64 Å². The van der Waals surface area contributed by atoms with Gasteiger partial charge >= 0.3 is 0 Å². The maximum atomic E-state index is 13.2. The average Bonchev–Trinajstić information content (AvgIpc) is 3.07. The van der Waals surface area contributed by atoms with Crippen LogP contribution in [-0.2, 0) is 18.4 Å². The highest BCUT2D eigenvalue weighted by Gasteiger charge is 2.20. The van der Waals surface area contributed by atoms with Crippen molar-refractivity contribution in [1.82, 2.24) is 14.8 Å². The number of aromatic nitrogens is 3. The van der Waals surface area contributed by atoms with Gasteiger partial charge in [0.25, 0.3) is 5.91 Å². The van der Waals surface area contributed by atoms with E-state index in [0.717, 1.165) is 33.5 Å². The van der Waals surface area contributed by atoms with Crippen molar-refractivity contribution in [2.45, 2.75) is 20.4 Å². The third kappa shape index (κ3) is 4.03. The molecule has 0 bridgehead atoms. The molecular weight excluding hydrogens is 376 g/mol. The molecule has 0 unspecified atom stereocenters. The van der Waals surface area contributed by atoms with Crippen molar-refractivity contribution in [2.75, 3.05) is 11.5 Å². The number of carbonyl (C=O) groups is 1. The number of nitrogens with zero attached hydrogens (tertiary/aromatic N) is 4. The molecule has 1 amide bonds. The zero-order chi connectivity index (χ0) is 21.1. The van der Waals surface area contributed by atoms with E-state index < -0.39 is 0 Å². The molecule has 0 saturated heterocycles. The number of pyridine rings is 1. The minimum Gasteiger partial charge on any atom is -0.466 e. The number of benzene rings is 2. The molecule has 0 saturated carbocycles. The number of hydrogen-bond acceptors (Lipinski definition) is 4. The number of para-hydroxylation sites is 1. The first-order chi connectivity index (χ1) is 14.5. The lowest BCUT2D eigenvalue weighted by atomic mass is 10.2. The minimum absolute atomic E-state index is 0.110. The molecule has 2 heterocycles. The number of rotatable bonds is 6. The lowest BCUT2D eigenvalue weighted by molar-refractivity contribution is -0.120. The van der Waals surface area contributed by atoms with Crippen molar-refractivity contribution >= 4 is 22.6 Å². The van der Waals surface area contributed by atoms with Gasteiger partial charge in [0, 0.05) is 18.4 Å². The fraction of sp³-hybridized carbons (Fsp3) is 0.208. The summed E-state index contributed by atoms with van der Waals surface area (Å²) < 4.78 is 7.59. The number of amides is 1. The molecule has 2 aromatic heterocycles. The van der Waals surface area contributed by atoms with Gasteiger partial charge < -0.3 is 9.64 Å². The molecule has 0 fully saturated rings. The van der Waals surface area contributed by atoms with Gasteiger partial charge in [-0.1, -0.05) is 48.5 Å². The summed E-state index contributed by atoms with van der Waals surface area (Å²) in [7, 11) is 1.83. The Morgan fingerprint density at radius 2 is 1.70 bits per heavy atom. The highest BCUT2D eigenvalue weighted by Crippen LogP contribution is 2.27. The van der Waals surface area contributed by atoms with Gasteiger partial charge in [0.1, 0.15) is 0 Å². The van der Waals surface area contributed by atoms with Crippen LogP contribution in [0.5, 0.6) is 5.88 Å². The van der Waals surface area contributed by atoms with Crippen LogP contribution in [0.15, 0.2) is 66.7 Å². The first-order valence-electron chi connectivity index (χ1n) is 9.86. The summed E-state index contributed by atoms with van der Waals surface area (Å²) in [6.07, 6.45) is 0. The van der Waals surface area contributed by atoms with Crippen molar-refractivity contribution in [3.8, 4) is 5.88 Å². The van der Waals surface area contributed by atoms with Crippen molar-refractivity contribution in [1.29, 1.82) is 0 Å². The molecule has 0 aliphatic heterocycles. The summed E-state index contributed by atoms with van der Waals surface area (Å²) in [5, 5.41) is 5.28. The topological polar surface area (TPSA) is 60.2 Å². The highest BCUT2D eigenvalue weighted by atomic mass is 16.5. The predicted octanol–water partition coefficient (Wildman–Crippen LogP) is 4.20. The van der Waals surface area contributed by atoms with Gasteiger partial charge in [-0.2, -0.15) is 0 Å². The minimum atomic E-state index is -0.137. The second-order valence-electron chi connectivity index (χ2n) is 7.30. The van der Waals surface area contributed by atoms with Crippen LogP contribution >= 0.6 is 0 Å². The summed E-state index contributed by atoms with van der Waals surface area (Å²) in [6, 6.07) is 21.5. The Morgan fingerprint density at radius 3 is 2.40 bits per heavy atom. The SMILES string of the molecule is Cc1cc(C)c2c(OCC(=O)N(Cc3ccccc3)c3ccccc3)nn(C)c2n1. The van der Waals surface area contributed by atoms with E-state index in [-0.39, 0.29) is 12.5 Å². The summed E-state index contributed by atoms with van der Waals surface area (Å²) in [4.78, 5) is 19.4. The molecule has 6 nitrogen and oxygen atoms in total. The lowest BCUT2D eigenvalue weighted by Crippen LogP contribution is -2.34. The zero-order valence-electron chi connectivity index (χ0n) is 17.4. The van der Waals surface area contributed by atoms with Crippen LogP contribution in [0.25, 0.3) is 11.0 Å². The summed E-state index contributed by atoms with van der Waals surface area (Å²) in [5.74, 6) is 0.292. The van der Waals surface area contributed by atoms with E-state index in [4.69, 9.17) is 4.74 Å². The molecule has 0 atom stereocenters. The van der Waals surface area contributed by atoms with Gasteiger partial charge in [-0.3, -0.25) is 4.79 Å². The van der Waals surface area contributed by atoms with Gasteiger partial charge in [0.15, 0.2) is 12.3 Å². The standard InChI is InChI=1S/C24H24N4O2/c1-17-14-18(2)25-23-22(17)24(26-27(23)3)30-16-21(29)28(20-12-8-5-9-13-20)15-19-10-6-4-7-11-19/h4-14H,15-16H2,1-3H3. The van der Waals surface area contributed by atoms with Crippen LogP contribution in [0.1, 0.15) is 16.8 Å². The first kappa shape index (κ1) is 19.6. The van der Waals surface area contributed by atoms with E-state index in [1.165, 1.54) is 0 Å². The van der Waals surface area contributed by atoms with Crippen LogP contribution in [0, 0.1) is 13.8 Å². The zero-order valence-corrected chi connectivity index (χ0v) is 17.4. The van der Waals surface area contributed by atoms with Crippen LogP contribution in [0.3, 0.4) is 0 Å². The molecule has 2 aromatic carbocycles. The van der Waals surface area contributed by atoms with E-state index in [9.17, 15) is 4.79 Å². The van der Waals surface area contributed by atoms with E-state index in [1.807, 2.05) is 87.6 Å². The number of hydrogen-bond donors (Lipinski definition) is 0. The molecule has 4 rings (SSSR count). The lowest BCUT2D eigenvalue weighted by Gasteiger charge is -2.23. The smallest absolute Gasteiger partial charge is 0.265 e. The predicted molar refractivity (Wildman–Crippen MR) is 118 cm³/mol. The van der Waals surface area contributed by atoms with Crippen LogP contribution in [0.4, 0.5) is 5.69 Å². The third-order valence-electron chi connectivity index (χ3n) is 4.97. The Hall–Kier alpha value is -3.67. The molecule has 152 valence electrons. The Morgan fingerprint density at radius 1 is 1.03 bits per heavy atom. The van der Waals surface area contributed by atoms with E-state index in [0.29, 0.717) is 12.4 Å². The van der Waals surface area contributed by atoms with E-state index in [2.05, 4.69) is 10.1 Å². The molecule has 0 aliphatic carbocycles. The highest BCUT2D eigenvalue weighted by molar-refractivity contribution is 5.94. The molecule has 4 aromatic rings. The molecule has 30 heavy (non-hydrogen) atoms. The van der Waals surface area contributed by atoms with Gasteiger partial charge in [-0.05, 0) is 43.2 Å². The van der Waals surface area contributed by atoms with Gasteiger partial charge in [0.2, 0.25) is 5.88 Å². The maximum absolute atomic E-state index is 13.2. The van der Waals surface area contributed by atoms with Crippen LogP contribution in [0.2, 0.25) is 0 Å². The molecule has 0 spiro atoms. The van der Waals surface area contributed by atoms with Crippen LogP contribution in [-0.4, -0.2) is 27.3 Å². The van der Waals surface area contributed by atoms with E-state index >= 15 is 0 Å². The first-order valence-corrected chi connectivity index (χ1v) is 9.86. The monoisotopic (exact) mass is 400 g/mol. The fourth-order valence-electron chi connectivity index (χ4n) is 3.56. The average molecular weight is 400 g/mol. The van der Waals surface area contributed by atoms with Gasteiger partial charge in [-0.25, -0.2) is 9.67 Å². The summed E-state index contributed by atoms with van der Waals surface area (Å²) in [5.41, 5.74) is 4.57. The van der Waals surface area contributed by atoms with Crippen molar-refractivity contribution in [2.24, 2.45) is 7.05 Å². The fourth-order valence-corrected chi connectivity index (χ4v) is 3.56. The largest absolute Gasteiger partial charge is 0.466 e. The molecule has 0 aliphatic rings. The Labute approximate surface area is 175 Å². The normalized spacial score (nSPS) is 10.9. The molecule has 6 heteroatoms. The number of aryl methyl sites for hydroxylation is 3. The van der Waals surface area contributed by atoms with Gasteiger partial charge in [0.05, 0.1) is 11.9 Å². The van der Waals surface area contributed by atoms with Crippen molar-refractivity contribution < 1.29 is 9.53 Å². The molecule has 0 radical (unpaired) electrons. The Kier molecular flexibility index (Phi) is 5.48. The Bertz CT molecular complexity index is 1170. The second kappa shape index (κ2) is 8.37. The second-order valence-corrected chi connectivity index (χ2v) is 7.30. The van der Waals surface area contributed by atoms with Crippen molar-refractivity contribution in [3.63, 3.8) is 0 Å². The van der Waals surface area contributed by atoms with Gasteiger partial charge in [-0.15, -0.1) is 5.10 Å². The summed E-state index contributed by atoms with van der Waals surface area (Å²) >= 11 is 0. The quantitative estimate of drug-likeness (QED) is 0.487. The van der Waals surface area contributed by atoms with Crippen molar-refractivity contribution in [3.05, 3.63) is 83.6 Å². The molecular formula is C24H24N4O2. The van der Waals surface area contributed by atoms with E-state index in [1.54, 1.807) is 9.58 Å². The summed E-state index contributed by atoms with van der Waals surface area (Å²) in [6.45, 7) is 4.31. The number of carbonyl (C=O) groups excluding carboxylic acids is 1. The number of ether oxygens (including phenoxy) is 1. The Balaban J connectivity index is 1.58.